The maximum absolute atomic E-state index is 5.98. The fourth-order valence-corrected chi connectivity index (χ4v) is 3.32. The lowest BCUT2D eigenvalue weighted by atomic mass is 9.92. The molecule has 1 aliphatic rings. The summed E-state index contributed by atoms with van der Waals surface area (Å²) in [5.74, 6) is 0. The van der Waals surface area contributed by atoms with Crippen molar-refractivity contribution in [3.05, 3.63) is 63.3 Å². The summed E-state index contributed by atoms with van der Waals surface area (Å²) in [6.45, 7) is 0. The van der Waals surface area contributed by atoms with E-state index >= 15 is 0 Å². The molecule has 20 heavy (non-hydrogen) atoms. The number of nitrogens with zero attached hydrogens (tertiary/aromatic N) is 3. The van der Waals surface area contributed by atoms with Gasteiger partial charge in [-0.3, -0.25) is 0 Å². The zero-order chi connectivity index (χ0) is 13.7. The Labute approximate surface area is 129 Å². The van der Waals surface area contributed by atoms with Crippen molar-refractivity contribution in [2.75, 3.05) is 0 Å². The Bertz CT molecular complexity index is 790. The van der Waals surface area contributed by atoms with Crippen molar-refractivity contribution in [1.82, 2.24) is 14.8 Å². The van der Waals surface area contributed by atoms with Crippen molar-refractivity contribution >= 4 is 33.0 Å². The summed E-state index contributed by atoms with van der Waals surface area (Å²) in [6.07, 6.45) is 2.21. The van der Waals surface area contributed by atoms with Gasteiger partial charge in [0.05, 0.1) is 5.52 Å². The van der Waals surface area contributed by atoms with Gasteiger partial charge in [-0.05, 0) is 58.6 Å². The largest absolute Gasteiger partial charge is 0.206 e. The summed E-state index contributed by atoms with van der Waals surface area (Å²) in [5.41, 5.74) is 3.39. The molecule has 2 aromatic heterocycles. The maximum atomic E-state index is 5.98. The molecule has 100 valence electrons. The van der Waals surface area contributed by atoms with Crippen molar-refractivity contribution in [3.63, 3.8) is 0 Å². The van der Waals surface area contributed by atoms with E-state index in [4.69, 9.17) is 11.6 Å². The molecule has 3 nitrogen and oxygen atoms in total. The van der Waals surface area contributed by atoms with Crippen LogP contribution < -0.4 is 0 Å². The molecule has 1 aliphatic carbocycles. The summed E-state index contributed by atoms with van der Waals surface area (Å²) in [7, 11) is 0. The Morgan fingerprint density at radius 2 is 1.85 bits per heavy atom. The molecule has 1 saturated carbocycles. The van der Waals surface area contributed by atoms with Crippen LogP contribution in [0.4, 0.5) is 0 Å². The predicted octanol–water partition coefficient (Wildman–Crippen LogP) is 4.23. The number of hydrogen-bond donors (Lipinski definition) is 0. The van der Waals surface area contributed by atoms with Gasteiger partial charge in [0.25, 0.3) is 0 Å². The number of aromatic nitrogens is 3. The number of benzene rings is 1. The van der Waals surface area contributed by atoms with E-state index in [-0.39, 0.29) is 5.41 Å². The predicted molar refractivity (Wildman–Crippen MR) is 82.2 cm³/mol. The van der Waals surface area contributed by atoms with Gasteiger partial charge in [0.15, 0.2) is 0 Å². The van der Waals surface area contributed by atoms with Crippen molar-refractivity contribution in [2.45, 2.75) is 18.3 Å². The number of hydrogen-bond acceptors (Lipinski definition) is 2. The summed E-state index contributed by atoms with van der Waals surface area (Å²) < 4.78 is 2.76. The monoisotopic (exact) mass is 347 g/mol. The number of fused-ring (bicyclic) bond motifs is 1. The quantitative estimate of drug-likeness (QED) is 0.649. The highest BCUT2D eigenvalue weighted by molar-refractivity contribution is 9.10. The lowest BCUT2D eigenvalue weighted by Crippen LogP contribution is -2.09. The van der Waals surface area contributed by atoms with Gasteiger partial charge in [-0.15, -0.1) is 5.10 Å². The van der Waals surface area contributed by atoms with E-state index in [0.29, 0.717) is 0 Å². The summed E-state index contributed by atoms with van der Waals surface area (Å²) >= 11 is 9.49. The molecule has 1 fully saturated rings. The zero-order valence-corrected chi connectivity index (χ0v) is 12.9. The minimum absolute atomic E-state index is 0.00708. The van der Waals surface area contributed by atoms with Gasteiger partial charge < -0.3 is 0 Å². The fourth-order valence-electron chi connectivity index (χ4n) is 2.78. The molecule has 0 radical (unpaired) electrons. The fraction of sp³-hybridized carbons (Fsp3) is 0.200. The van der Waals surface area contributed by atoms with Gasteiger partial charge in [0.2, 0.25) is 0 Å². The van der Waals surface area contributed by atoms with E-state index in [1.807, 2.05) is 28.8 Å². The van der Waals surface area contributed by atoms with Gasteiger partial charge in [-0.1, -0.05) is 35.0 Å². The maximum Gasteiger partial charge on any atom is 0.110 e. The topological polar surface area (TPSA) is 30.2 Å². The van der Waals surface area contributed by atoms with Crippen LogP contribution in [0.25, 0.3) is 5.52 Å². The van der Waals surface area contributed by atoms with Crippen LogP contribution in [0.1, 0.15) is 24.1 Å². The lowest BCUT2D eigenvalue weighted by molar-refractivity contribution is 0.774. The van der Waals surface area contributed by atoms with E-state index in [9.17, 15) is 0 Å². The van der Waals surface area contributed by atoms with E-state index in [1.54, 1.807) is 0 Å². The molecule has 0 spiro atoms. The van der Waals surface area contributed by atoms with Gasteiger partial charge in [0.1, 0.15) is 10.3 Å². The summed E-state index contributed by atoms with van der Waals surface area (Å²) in [5, 5.41) is 9.46. The highest BCUT2D eigenvalue weighted by Crippen LogP contribution is 2.54. The molecule has 0 N–H and O–H groups in total. The second-order valence-corrected chi connectivity index (χ2v) is 6.42. The van der Waals surface area contributed by atoms with Crippen LogP contribution >= 0.6 is 27.5 Å². The third-order valence-electron chi connectivity index (χ3n) is 4.00. The molecule has 4 rings (SSSR count). The molecule has 0 aliphatic heterocycles. The second-order valence-electron chi connectivity index (χ2n) is 5.17. The molecule has 0 bridgehead atoms. The molecule has 5 heteroatoms. The van der Waals surface area contributed by atoms with Crippen LogP contribution in [0, 0.1) is 0 Å². The Morgan fingerprint density at radius 3 is 2.55 bits per heavy atom. The smallest absolute Gasteiger partial charge is 0.110 e. The molecular formula is C15H11BrClN3. The minimum atomic E-state index is 0.00708. The third-order valence-corrected chi connectivity index (χ3v) is 4.85. The average Bonchev–Trinajstić information content (AvgIpc) is 3.13. The normalized spacial score (nSPS) is 16.5. The molecule has 0 amide bonds. The first-order chi connectivity index (χ1) is 9.71. The first-order valence-electron chi connectivity index (χ1n) is 6.47. The van der Waals surface area contributed by atoms with Gasteiger partial charge in [0, 0.05) is 10.4 Å². The zero-order valence-electron chi connectivity index (χ0n) is 10.6. The summed E-state index contributed by atoms with van der Waals surface area (Å²) in [6, 6.07) is 14.1. The van der Waals surface area contributed by atoms with Crippen molar-refractivity contribution < 1.29 is 0 Å². The minimum Gasteiger partial charge on any atom is -0.206 e. The van der Waals surface area contributed by atoms with Gasteiger partial charge >= 0.3 is 0 Å². The lowest BCUT2D eigenvalue weighted by Gasteiger charge is -2.13. The van der Waals surface area contributed by atoms with Crippen molar-refractivity contribution in [1.29, 1.82) is 0 Å². The SMILES string of the molecule is Clc1ccc(C2(c3nnn4c(Br)cccc34)CC2)cc1. The third kappa shape index (κ3) is 1.71. The first kappa shape index (κ1) is 12.4. The Kier molecular flexibility index (Phi) is 2.66. The van der Waals surface area contributed by atoms with E-state index < -0.39 is 0 Å². The number of pyridine rings is 1. The van der Waals surface area contributed by atoms with Crippen LogP contribution in [0.2, 0.25) is 5.02 Å². The standard InChI is InChI=1S/C15H11BrClN3/c16-13-3-1-2-12-14(18-19-20(12)13)15(8-9-15)10-4-6-11(17)7-5-10/h1-7H,8-9H2. The van der Waals surface area contributed by atoms with Crippen LogP contribution in [-0.4, -0.2) is 14.8 Å². The molecule has 1 aromatic carbocycles. The molecule has 0 atom stereocenters. The van der Waals surface area contributed by atoms with Gasteiger partial charge in [-0.2, -0.15) is 0 Å². The van der Waals surface area contributed by atoms with E-state index in [1.165, 1.54) is 5.56 Å². The number of rotatable bonds is 2. The molecular weight excluding hydrogens is 338 g/mol. The van der Waals surface area contributed by atoms with Crippen molar-refractivity contribution in [3.8, 4) is 0 Å². The van der Waals surface area contributed by atoms with Crippen LogP contribution in [0.3, 0.4) is 0 Å². The molecule has 3 aromatic rings. The van der Waals surface area contributed by atoms with E-state index in [0.717, 1.165) is 33.7 Å². The van der Waals surface area contributed by atoms with Crippen LogP contribution in [0.15, 0.2) is 47.1 Å². The highest BCUT2D eigenvalue weighted by Gasteiger charge is 2.49. The van der Waals surface area contributed by atoms with Crippen molar-refractivity contribution in [2.24, 2.45) is 0 Å². The second kappa shape index (κ2) is 4.30. The molecule has 0 unspecified atom stereocenters. The van der Waals surface area contributed by atoms with Crippen LogP contribution in [0.5, 0.6) is 0 Å². The number of halogens is 2. The highest BCUT2D eigenvalue weighted by atomic mass is 79.9. The first-order valence-corrected chi connectivity index (χ1v) is 7.64. The molecule has 0 saturated heterocycles. The Balaban J connectivity index is 1.90. The van der Waals surface area contributed by atoms with E-state index in [2.05, 4.69) is 44.4 Å². The average molecular weight is 349 g/mol. The molecule has 2 heterocycles. The Hall–Kier alpha value is -1.39. The Morgan fingerprint density at radius 1 is 1.10 bits per heavy atom. The van der Waals surface area contributed by atoms with Crippen LogP contribution in [-0.2, 0) is 5.41 Å². The van der Waals surface area contributed by atoms with Gasteiger partial charge in [-0.25, -0.2) is 4.52 Å². The summed E-state index contributed by atoms with van der Waals surface area (Å²) in [4.78, 5) is 0.